The van der Waals surface area contributed by atoms with Gasteiger partial charge in [0.1, 0.15) is 0 Å². The fourth-order valence-corrected chi connectivity index (χ4v) is 1.33. The summed E-state index contributed by atoms with van der Waals surface area (Å²) in [5, 5.41) is 3.11. The molecule has 5 heteroatoms. The van der Waals surface area contributed by atoms with E-state index in [0.717, 1.165) is 38.9 Å². The zero-order chi connectivity index (χ0) is 11.5. The van der Waals surface area contributed by atoms with Crippen molar-refractivity contribution in [1.29, 1.82) is 0 Å². The molecule has 0 saturated carbocycles. The lowest BCUT2D eigenvalue weighted by Crippen LogP contribution is -2.30. The van der Waals surface area contributed by atoms with E-state index in [0.29, 0.717) is 6.42 Å². The van der Waals surface area contributed by atoms with Gasteiger partial charge in [-0.3, -0.25) is 10.2 Å². The first-order valence-corrected chi connectivity index (χ1v) is 5.53. The number of nitrogens with two attached hydrogens (primary N) is 1. The van der Waals surface area contributed by atoms with Crippen molar-refractivity contribution < 1.29 is 4.79 Å². The molecule has 0 saturated heterocycles. The van der Waals surface area contributed by atoms with Crippen LogP contribution in [0.25, 0.3) is 0 Å². The van der Waals surface area contributed by atoms with E-state index >= 15 is 0 Å². The fourth-order valence-electron chi connectivity index (χ4n) is 1.33. The number of carbonyl (C=O) groups is 1. The van der Waals surface area contributed by atoms with Gasteiger partial charge in [-0.2, -0.15) is 0 Å². The summed E-state index contributed by atoms with van der Waals surface area (Å²) in [4.78, 5) is 13.1. The van der Waals surface area contributed by atoms with Crippen LogP contribution >= 0.6 is 0 Å². The average Bonchev–Trinajstić information content (AvgIpc) is 2.25. The molecular weight excluding hydrogens is 192 g/mol. The molecule has 0 rings (SSSR count). The van der Waals surface area contributed by atoms with Crippen LogP contribution in [-0.2, 0) is 4.79 Å². The molecule has 0 aliphatic rings. The largest absolute Gasteiger partial charge is 0.318 e. The molecule has 0 heterocycles. The molecule has 0 spiro atoms. The van der Waals surface area contributed by atoms with Crippen LogP contribution in [0.2, 0.25) is 0 Å². The van der Waals surface area contributed by atoms with Gasteiger partial charge in [-0.05, 0) is 33.5 Å². The lowest BCUT2D eigenvalue weighted by atomic mass is 10.2. The molecule has 1 amide bonds. The SMILES string of the molecule is CNCCN(C)CCCCCC(=O)NN. The molecule has 0 aromatic carbocycles. The summed E-state index contributed by atoms with van der Waals surface area (Å²) in [6.07, 6.45) is 3.68. The Morgan fingerprint density at radius 1 is 1.27 bits per heavy atom. The van der Waals surface area contributed by atoms with Gasteiger partial charge in [0, 0.05) is 19.5 Å². The van der Waals surface area contributed by atoms with Crippen LogP contribution in [0.4, 0.5) is 0 Å². The summed E-state index contributed by atoms with van der Waals surface area (Å²) in [6, 6.07) is 0. The molecule has 0 aromatic heterocycles. The van der Waals surface area contributed by atoms with Crippen LogP contribution in [0.5, 0.6) is 0 Å². The summed E-state index contributed by atoms with van der Waals surface area (Å²) >= 11 is 0. The Bertz CT molecular complexity index is 164. The van der Waals surface area contributed by atoms with Crippen LogP contribution in [-0.4, -0.2) is 44.5 Å². The Morgan fingerprint density at radius 2 is 2.00 bits per heavy atom. The van der Waals surface area contributed by atoms with E-state index in [-0.39, 0.29) is 5.91 Å². The molecule has 0 bridgehead atoms. The van der Waals surface area contributed by atoms with Crippen molar-refractivity contribution in [1.82, 2.24) is 15.6 Å². The number of unbranched alkanes of at least 4 members (excludes halogenated alkanes) is 2. The lowest BCUT2D eigenvalue weighted by Gasteiger charge is -2.15. The predicted octanol–water partition coefficient (Wildman–Crippen LogP) is -0.312. The van der Waals surface area contributed by atoms with Crippen LogP contribution in [0, 0.1) is 0 Å². The third kappa shape index (κ3) is 9.65. The summed E-state index contributed by atoms with van der Waals surface area (Å²) in [5.74, 6) is 4.90. The lowest BCUT2D eigenvalue weighted by molar-refractivity contribution is -0.121. The highest BCUT2D eigenvalue weighted by Gasteiger charge is 1.99. The maximum Gasteiger partial charge on any atom is 0.233 e. The Morgan fingerprint density at radius 3 is 2.60 bits per heavy atom. The summed E-state index contributed by atoms with van der Waals surface area (Å²) in [7, 11) is 4.07. The van der Waals surface area contributed by atoms with Crippen molar-refractivity contribution >= 4 is 5.91 Å². The molecule has 5 nitrogen and oxygen atoms in total. The third-order valence-corrected chi connectivity index (χ3v) is 2.35. The van der Waals surface area contributed by atoms with Crippen molar-refractivity contribution in [2.24, 2.45) is 5.84 Å². The minimum Gasteiger partial charge on any atom is -0.318 e. The van der Waals surface area contributed by atoms with Crippen molar-refractivity contribution in [3.8, 4) is 0 Å². The van der Waals surface area contributed by atoms with Gasteiger partial charge in [0.2, 0.25) is 5.91 Å². The van der Waals surface area contributed by atoms with Crippen molar-refractivity contribution in [2.75, 3.05) is 33.7 Å². The Hall–Kier alpha value is -0.650. The topological polar surface area (TPSA) is 70.4 Å². The van der Waals surface area contributed by atoms with Crippen molar-refractivity contribution in [2.45, 2.75) is 25.7 Å². The molecule has 15 heavy (non-hydrogen) atoms. The highest BCUT2D eigenvalue weighted by Crippen LogP contribution is 2.00. The number of nitrogens with zero attached hydrogens (tertiary/aromatic N) is 1. The molecular formula is C10H24N4O. The van der Waals surface area contributed by atoms with E-state index < -0.39 is 0 Å². The van der Waals surface area contributed by atoms with Gasteiger partial charge in [-0.1, -0.05) is 6.42 Å². The molecule has 0 aromatic rings. The predicted molar refractivity (Wildman–Crippen MR) is 62.2 cm³/mol. The number of hydrogen-bond acceptors (Lipinski definition) is 4. The average molecular weight is 216 g/mol. The summed E-state index contributed by atoms with van der Waals surface area (Å²) in [5.41, 5.74) is 2.13. The van der Waals surface area contributed by atoms with E-state index in [1.165, 1.54) is 0 Å². The number of hydrogen-bond donors (Lipinski definition) is 3. The summed E-state index contributed by atoms with van der Waals surface area (Å²) < 4.78 is 0. The molecule has 0 unspecified atom stereocenters. The first-order chi connectivity index (χ1) is 7.20. The standard InChI is InChI=1S/C10H24N4O/c1-12-7-9-14(2)8-5-3-4-6-10(15)13-11/h12H,3-9,11H2,1-2H3,(H,13,15). The third-order valence-electron chi connectivity index (χ3n) is 2.35. The number of amides is 1. The van der Waals surface area contributed by atoms with Gasteiger partial charge in [0.05, 0.1) is 0 Å². The van der Waals surface area contributed by atoms with Crippen LogP contribution in [0.1, 0.15) is 25.7 Å². The Labute approximate surface area is 92.4 Å². The van der Waals surface area contributed by atoms with E-state index in [4.69, 9.17) is 5.84 Å². The first kappa shape index (κ1) is 14.3. The van der Waals surface area contributed by atoms with Gasteiger partial charge < -0.3 is 10.2 Å². The van der Waals surface area contributed by atoms with Gasteiger partial charge in [-0.25, -0.2) is 5.84 Å². The highest BCUT2D eigenvalue weighted by molar-refractivity contribution is 5.74. The number of nitrogens with one attached hydrogen (secondary N) is 2. The minimum absolute atomic E-state index is 0.0708. The smallest absolute Gasteiger partial charge is 0.233 e. The van der Waals surface area contributed by atoms with Crippen molar-refractivity contribution in [3.05, 3.63) is 0 Å². The molecule has 0 fully saturated rings. The Kier molecular flexibility index (Phi) is 9.46. The van der Waals surface area contributed by atoms with E-state index in [9.17, 15) is 4.79 Å². The molecule has 90 valence electrons. The second-order valence-corrected chi connectivity index (χ2v) is 3.79. The van der Waals surface area contributed by atoms with Gasteiger partial charge in [0.15, 0.2) is 0 Å². The monoisotopic (exact) mass is 216 g/mol. The van der Waals surface area contributed by atoms with E-state index in [1.54, 1.807) is 0 Å². The number of hydrazine groups is 1. The molecule has 0 radical (unpaired) electrons. The first-order valence-electron chi connectivity index (χ1n) is 5.53. The summed E-state index contributed by atoms with van der Waals surface area (Å²) in [6.45, 7) is 3.18. The molecule has 0 atom stereocenters. The molecule has 0 aliphatic carbocycles. The van der Waals surface area contributed by atoms with Gasteiger partial charge >= 0.3 is 0 Å². The van der Waals surface area contributed by atoms with Crippen LogP contribution in [0.15, 0.2) is 0 Å². The minimum atomic E-state index is -0.0708. The zero-order valence-electron chi connectivity index (χ0n) is 9.88. The van der Waals surface area contributed by atoms with E-state index in [2.05, 4.69) is 22.7 Å². The number of carbonyl (C=O) groups excluding carboxylic acids is 1. The second kappa shape index (κ2) is 9.89. The second-order valence-electron chi connectivity index (χ2n) is 3.79. The maximum absolute atomic E-state index is 10.8. The van der Waals surface area contributed by atoms with E-state index in [1.807, 2.05) is 7.05 Å². The Balaban J connectivity index is 3.19. The van der Waals surface area contributed by atoms with Crippen molar-refractivity contribution in [3.63, 3.8) is 0 Å². The highest BCUT2D eigenvalue weighted by atomic mass is 16.2. The normalized spacial score (nSPS) is 10.7. The number of likely N-dealkylation sites (N-methyl/N-ethyl adjacent to an activating group) is 2. The van der Waals surface area contributed by atoms with Crippen LogP contribution < -0.4 is 16.6 Å². The maximum atomic E-state index is 10.8. The fraction of sp³-hybridized carbons (Fsp3) is 0.900. The number of rotatable bonds is 9. The van der Waals surface area contributed by atoms with Gasteiger partial charge in [-0.15, -0.1) is 0 Å². The quantitative estimate of drug-likeness (QED) is 0.214. The van der Waals surface area contributed by atoms with Crippen LogP contribution in [0.3, 0.4) is 0 Å². The van der Waals surface area contributed by atoms with Gasteiger partial charge in [0.25, 0.3) is 0 Å². The molecule has 4 N–H and O–H groups in total. The molecule has 0 aliphatic heterocycles. The zero-order valence-corrected chi connectivity index (χ0v) is 9.88.